The molecule has 0 amide bonds. The van der Waals surface area contributed by atoms with Gasteiger partial charge in [-0.2, -0.15) is 11.8 Å². The second kappa shape index (κ2) is 8.26. The molecule has 1 unspecified atom stereocenters. The molecule has 8 heteroatoms. The van der Waals surface area contributed by atoms with Crippen LogP contribution in [0, 0.1) is 5.92 Å². The van der Waals surface area contributed by atoms with Crippen LogP contribution in [0.4, 0.5) is 0 Å². The molecule has 0 spiro atoms. The molecule has 4 N–H and O–H groups in total. The third-order valence-electron chi connectivity index (χ3n) is 2.81. The molecule has 0 aliphatic carbocycles. The highest BCUT2D eigenvalue weighted by atomic mass is 32.2. The maximum Gasteiger partial charge on any atom is 0.179 e. The van der Waals surface area contributed by atoms with Crippen molar-refractivity contribution in [3.63, 3.8) is 0 Å². The van der Waals surface area contributed by atoms with Gasteiger partial charge in [0, 0.05) is 17.9 Å². The Morgan fingerprint density at radius 3 is 2.81 bits per heavy atom. The number of sulfone groups is 1. The number of hydrogen-bond acceptors (Lipinski definition) is 6. The molecule has 0 radical (unpaired) electrons. The lowest BCUT2D eigenvalue weighted by Crippen LogP contribution is -2.15. The Morgan fingerprint density at radius 2 is 2.19 bits per heavy atom. The number of oxime groups is 1. The first-order valence-corrected chi connectivity index (χ1v) is 9.20. The standard InChI is InChI=1S/C13H20N2O4S2/c1-10(8-16)9-20-5-6-21(18,19)12-4-2-3-11(7-12)13(14)15-17/h2-4,7,10,16-17H,5-6,8-9H2,1H3,(H2,14,15). The lowest BCUT2D eigenvalue weighted by atomic mass is 10.2. The summed E-state index contributed by atoms with van der Waals surface area (Å²) in [5.41, 5.74) is 5.82. The third-order valence-corrected chi connectivity index (χ3v) is 6.08. The molecule has 118 valence electrons. The summed E-state index contributed by atoms with van der Waals surface area (Å²) in [5, 5.41) is 20.4. The summed E-state index contributed by atoms with van der Waals surface area (Å²) in [6, 6.07) is 6.02. The summed E-state index contributed by atoms with van der Waals surface area (Å²) < 4.78 is 24.4. The predicted octanol–water partition coefficient (Wildman–Crippen LogP) is 0.916. The minimum absolute atomic E-state index is 0.00937. The van der Waals surface area contributed by atoms with Crippen molar-refractivity contribution in [1.82, 2.24) is 0 Å². The fraction of sp³-hybridized carbons (Fsp3) is 0.462. The Kier molecular flexibility index (Phi) is 7.00. The van der Waals surface area contributed by atoms with Gasteiger partial charge in [-0.05, 0) is 23.8 Å². The molecule has 21 heavy (non-hydrogen) atoms. The van der Waals surface area contributed by atoms with Crippen molar-refractivity contribution in [3.8, 4) is 0 Å². The van der Waals surface area contributed by atoms with E-state index >= 15 is 0 Å². The number of thioether (sulfide) groups is 1. The van der Waals surface area contributed by atoms with Gasteiger partial charge in [-0.3, -0.25) is 0 Å². The van der Waals surface area contributed by atoms with Crippen molar-refractivity contribution >= 4 is 27.4 Å². The maximum atomic E-state index is 12.2. The Hall–Kier alpha value is -1.25. The zero-order chi connectivity index (χ0) is 15.9. The third kappa shape index (κ3) is 5.56. The molecule has 0 aromatic heterocycles. The largest absolute Gasteiger partial charge is 0.409 e. The zero-order valence-electron chi connectivity index (χ0n) is 11.8. The number of aliphatic hydroxyl groups is 1. The minimum atomic E-state index is -3.40. The van der Waals surface area contributed by atoms with Crippen molar-refractivity contribution in [1.29, 1.82) is 0 Å². The Bertz CT molecular complexity index is 588. The Balaban J connectivity index is 2.70. The smallest absolute Gasteiger partial charge is 0.179 e. The normalized spacial score (nSPS) is 14.1. The van der Waals surface area contributed by atoms with Crippen molar-refractivity contribution < 1.29 is 18.7 Å². The van der Waals surface area contributed by atoms with Gasteiger partial charge in [-0.25, -0.2) is 8.42 Å². The molecule has 0 saturated heterocycles. The number of nitrogens with two attached hydrogens (primary N) is 1. The van der Waals surface area contributed by atoms with E-state index in [0.717, 1.165) is 5.75 Å². The number of benzene rings is 1. The van der Waals surface area contributed by atoms with Crippen molar-refractivity contribution in [2.45, 2.75) is 11.8 Å². The van der Waals surface area contributed by atoms with Gasteiger partial charge >= 0.3 is 0 Å². The average Bonchev–Trinajstić information content (AvgIpc) is 2.50. The van der Waals surface area contributed by atoms with Crippen LogP contribution in [0.1, 0.15) is 12.5 Å². The molecule has 0 aliphatic rings. The van der Waals surface area contributed by atoms with E-state index < -0.39 is 9.84 Å². The minimum Gasteiger partial charge on any atom is -0.409 e. The van der Waals surface area contributed by atoms with Gasteiger partial charge in [0.15, 0.2) is 15.7 Å². The van der Waals surface area contributed by atoms with Gasteiger partial charge in [0.1, 0.15) is 0 Å². The number of rotatable bonds is 8. The van der Waals surface area contributed by atoms with E-state index in [9.17, 15) is 8.42 Å². The highest BCUT2D eigenvalue weighted by molar-refractivity contribution is 8.00. The zero-order valence-corrected chi connectivity index (χ0v) is 13.4. The summed E-state index contributed by atoms with van der Waals surface area (Å²) in [6.45, 7) is 2.00. The molecule has 0 heterocycles. The van der Waals surface area contributed by atoms with Crippen LogP contribution < -0.4 is 5.73 Å². The number of nitrogens with zero attached hydrogens (tertiary/aromatic N) is 1. The van der Waals surface area contributed by atoms with E-state index in [-0.39, 0.29) is 29.0 Å². The van der Waals surface area contributed by atoms with Crippen LogP contribution in [0.5, 0.6) is 0 Å². The van der Waals surface area contributed by atoms with E-state index in [4.69, 9.17) is 16.0 Å². The molecule has 0 aliphatic heterocycles. The molecule has 1 aromatic carbocycles. The second-order valence-corrected chi connectivity index (χ2v) is 7.95. The Labute approximate surface area is 129 Å². The summed E-state index contributed by atoms with van der Waals surface area (Å²) in [4.78, 5) is 0.155. The van der Waals surface area contributed by atoms with Crippen LogP contribution in [0.2, 0.25) is 0 Å². The molecule has 0 fully saturated rings. The number of hydrogen-bond donors (Lipinski definition) is 3. The summed E-state index contributed by atoms with van der Waals surface area (Å²) >= 11 is 1.49. The Morgan fingerprint density at radius 1 is 1.48 bits per heavy atom. The molecule has 1 rings (SSSR count). The molecule has 1 atom stereocenters. The van der Waals surface area contributed by atoms with Crippen molar-refractivity contribution in [2.24, 2.45) is 16.8 Å². The van der Waals surface area contributed by atoms with Gasteiger partial charge in [0.2, 0.25) is 0 Å². The summed E-state index contributed by atoms with van der Waals surface area (Å²) in [5.74, 6) is 1.21. The van der Waals surface area contributed by atoms with Gasteiger partial charge in [0.05, 0.1) is 10.6 Å². The van der Waals surface area contributed by atoms with Crippen LogP contribution in [0.3, 0.4) is 0 Å². The van der Waals surface area contributed by atoms with Crippen LogP contribution in [-0.4, -0.2) is 48.4 Å². The fourth-order valence-corrected chi connectivity index (χ4v) is 4.38. The maximum absolute atomic E-state index is 12.2. The molecule has 1 aromatic rings. The highest BCUT2D eigenvalue weighted by Crippen LogP contribution is 2.16. The van der Waals surface area contributed by atoms with Gasteiger partial charge in [-0.15, -0.1) is 0 Å². The molecule has 0 bridgehead atoms. The second-order valence-electron chi connectivity index (χ2n) is 4.69. The molecule has 0 saturated carbocycles. The van der Waals surface area contributed by atoms with E-state index in [2.05, 4.69) is 5.16 Å². The van der Waals surface area contributed by atoms with E-state index in [1.54, 1.807) is 12.1 Å². The summed E-state index contributed by atoms with van der Waals surface area (Å²) in [7, 11) is -3.40. The summed E-state index contributed by atoms with van der Waals surface area (Å²) in [6.07, 6.45) is 0. The van der Waals surface area contributed by atoms with E-state index in [0.29, 0.717) is 11.3 Å². The van der Waals surface area contributed by atoms with E-state index in [1.165, 1.54) is 23.9 Å². The fourth-order valence-electron chi connectivity index (χ4n) is 1.53. The van der Waals surface area contributed by atoms with Gasteiger partial charge in [-0.1, -0.05) is 24.2 Å². The first-order chi connectivity index (χ1) is 9.90. The van der Waals surface area contributed by atoms with Gasteiger partial charge in [0.25, 0.3) is 0 Å². The molecular formula is C13H20N2O4S2. The van der Waals surface area contributed by atoms with Crippen LogP contribution >= 0.6 is 11.8 Å². The van der Waals surface area contributed by atoms with E-state index in [1.807, 2.05) is 6.92 Å². The quantitative estimate of drug-likeness (QED) is 0.214. The first kappa shape index (κ1) is 17.8. The van der Waals surface area contributed by atoms with Crippen LogP contribution in [0.15, 0.2) is 34.3 Å². The number of aliphatic hydroxyl groups excluding tert-OH is 1. The van der Waals surface area contributed by atoms with Gasteiger partial charge < -0.3 is 16.0 Å². The topological polar surface area (TPSA) is 113 Å². The lowest BCUT2D eigenvalue weighted by Gasteiger charge is -2.08. The first-order valence-electron chi connectivity index (χ1n) is 6.40. The highest BCUT2D eigenvalue weighted by Gasteiger charge is 2.15. The average molecular weight is 332 g/mol. The van der Waals surface area contributed by atoms with Crippen molar-refractivity contribution in [2.75, 3.05) is 23.9 Å². The van der Waals surface area contributed by atoms with Crippen molar-refractivity contribution in [3.05, 3.63) is 29.8 Å². The molecule has 6 nitrogen and oxygen atoms in total. The molecular weight excluding hydrogens is 312 g/mol. The monoisotopic (exact) mass is 332 g/mol. The van der Waals surface area contributed by atoms with Crippen LogP contribution in [0.25, 0.3) is 0 Å². The van der Waals surface area contributed by atoms with Crippen LogP contribution in [-0.2, 0) is 9.84 Å². The number of amidine groups is 1. The SMILES string of the molecule is CC(CO)CSCCS(=O)(=O)c1cccc(/C(N)=N/O)c1. The lowest BCUT2D eigenvalue weighted by molar-refractivity contribution is 0.250. The predicted molar refractivity (Wildman–Crippen MR) is 84.6 cm³/mol.